The van der Waals surface area contributed by atoms with Gasteiger partial charge in [0.15, 0.2) is 17.0 Å². The number of allylic oxidation sites excluding steroid dienone is 6. The minimum Gasteiger partial charge on any atom is -0.480 e. The molecular formula is C26H35F3N8O2. The average Bonchev–Trinajstić information content (AvgIpc) is 3.10. The van der Waals surface area contributed by atoms with Gasteiger partial charge in [0.25, 0.3) is 0 Å². The topological polar surface area (TPSA) is 93.9 Å². The lowest BCUT2D eigenvalue weighted by Crippen LogP contribution is -2.47. The second kappa shape index (κ2) is 12.2. The number of rotatable bonds is 10. The molecule has 10 nitrogen and oxygen atoms in total. The van der Waals surface area contributed by atoms with Gasteiger partial charge in [-0.05, 0) is 45.6 Å². The van der Waals surface area contributed by atoms with Crippen molar-refractivity contribution in [2.24, 2.45) is 0 Å². The van der Waals surface area contributed by atoms with Gasteiger partial charge in [0, 0.05) is 38.8 Å². The number of carboxylic acids is 1. The molecule has 1 aliphatic carbocycles. The number of nitrogens with zero attached hydrogens (tertiary/aromatic N) is 8. The molecule has 1 N–H and O–H groups in total. The number of hydrogen-bond donors (Lipinski definition) is 1. The molecular weight excluding hydrogens is 513 g/mol. The summed E-state index contributed by atoms with van der Waals surface area (Å²) in [5.41, 5.74) is 1.00. The molecule has 0 bridgehead atoms. The fourth-order valence-electron chi connectivity index (χ4n) is 4.68. The standard InChI is InChI=1S/C26H35F3N8O2/c1-33(2)10-5-11-35-12-14-36(15-13-35)25-31-23(34(3)17-21(38)39)22-24(32-25)37(18-30-22)16-19-6-4-7-20(9-8-19)26(27,28)29/h4,6,8-9,18H,5,7,10-17H2,1-3H3,(H,38,39). The summed E-state index contributed by atoms with van der Waals surface area (Å²) in [6.07, 6.45) is 3.84. The smallest absolute Gasteiger partial charge is 0.412 e. The average molecular weight is 549 g/mol. The van der Waals surface area contributed by atoms with E-state index in [1.165, 1.54) is 17.1 Å². The largest absolute Gasteiger partial charge is 0.480 e. The van der Waals surface area contributed by atoms with Crippen LogP contribution < -0.4 is 9.80 Å². The lowest BCUT2D eigenvalue weighted by molar-refractivity contribution is -0.135. The molecule has 4 rings (SSSR count). The number of fused-ring (bicyclic) bond motifs is 1. The number of carbonyl (C=O) groups is 1. The molecule has 0 saturated carbocycles. The number of halogens is 3. The van der Waals surface area contributed by atoms with Crippen molar-refractivity contribution >= 4 is 28.9 Å². The summed E-state index contributed by atoms with van der Waals surface area (Å²) in [6.45, 7) is 5.20. The first-order valence-electron chi connectivity index (χ1n) is 12.9. The van der Waals surface area contributed by atoms with E-state index < -0.39 is 17.7 Å². The third kappa shape index (κ3) is 7.35. The molecule has 1 aliphatic heterocycles. The Bertz CT molecular complexity index is 1260. The third-order valence-corrected chi connectivity index (χ3v) is 6.79. The minimum absolute atomic E-state index is 0.189. The number of piperazine rings is 1. The SMILES string of the molecule is CN(C)CCCN1CCN(c2nc(N(C)CC(=O)O)c3ncn(CC4=CC=C(C(F)(F)F)CC=C4)c3n2)CC1. The van der Waals surface area contributed by atoms with Crippen LogP contribution in [0.1, 0.15) is 12.8 Å². The highest BCUT2D eigenvalue weighted by Gasteiger charge is 2.32. The van der Waals surface area contributed by atoms with Crippen LogP contribution in [0.4, 0.5) is 24.9 Å². The predicted molar refractivity (Wildman–Crippen MR) is 144 cm³/mol. The summed E-state index contributed by atoms with van der Waals surface area (Å²) >= 11 is 0. The van der Waals surface area contributed by atoms with E-state index in [0.29, 0.717) is 28.5 Å². The summed E-state index contributed by atoms with van der Waals surface area (Å²) < 4.78 is 41.3. The van der Waals surface area contributed by atoms with Crippen LogP contribution in [0.5, 0.6) is 0 Å². The summed E-state index contributed by atoms with van der Waals surface area (Å²) in [6, 6.07) is 0. The number of anilines is 2. The third-order valence-electron chi connectivity index (χ3n) is 6.79. The van der Waals surface area contributed by atoms with Crippen molar-refractivity contribution in [1.82, 2.24) is 29.3 Å². The molecule has 1 fully saturated rings. The van der Waals surface area contributed by atoms with Crippen molar-refractivity contribution < 1.29 is 23.1 Å². The number of alkyl halides is 3. The minimum atomic E-state index is -4.37. The van der Waals surface area contributed by atoms with Gasteiger partial charge in [-0.1, -0.05) is 24.3 Å². The van der Waals surface area contributed by atoms with Gasteiger partial charge in [-0.3, -0.25) is 9.69 Å². The van der Waals surface area contributed by atoms with Crippen molar-refractivity contribution in [3.8, 4) is 0 Å². The van der Waals surface area contributed by atoms with Gasteiger partial charge in [-0.15, -0.1) is 0 Å². The number of aliphatic carboxylic acids is 1. The molecule has 212 valence electrons. The van der Waals surface area contributed by atoms with Gasteiger partial charge in [0.1, 0.15) is 6.54 Å². The van der Waals surface area contributed by atoms with Crippen LogP contribution >= 0.6 is 0 Å². The van der Waals surface area contributed by atoms with Crippen LogP contribution in [0.15, 0.2) is 41.8 Å². The number of likely N-dealkylation sites (N-methyl/N-ethyl adjacent to an activating group) is 1. The summed E-state index contributed by atoms with van der Waals surface area (Å²) in [5, 5.41) is 9.37. The van der Waals surface area contributed by atoms with E-state index in [9.17, 15) is 23.1 Å². The molecule has 2 aromatic rings. The monoisotopic (exact) mass is 548 g/mol. The van der Waals surface area contributed by atoms with E-state index in [2.05, 4.69) is 33.8 Å². The Kier molecular flexibility index (Phi) is 8.90. The number of aromatic nitrogens is 4. The van der Waals surface area contributed by atoms with Crippen molar-refractivity contribution in [3.05, 3.63) is 41.8 Å². The maximum atomic E-state index is 13.2. The van der Waals surface area contributed by atoms with E-state index in [0.717, 1.165) is 51.8 Å². The maximum Gasteiger partial charge on any atom is 0.412 e. The predicted octanol–water partition coefficient (Wildman–Crippen LogP) is 2.80. The number of imidazole rings is 1. The lowest BCUT2D eigenvalue weighted by atomic mass is 10.2. The first-order valence-corrected chi connectivity index (χ1v) is 12.9. The highest BCUT2D eigenvalue weighted by molar-refractivity contribution is 5.87. The van der Waals surface area contributed by atoms with Crippen LogP contribution in [-0.2, 0) is 11.3 Å². The Morgan fingerprint density at radius 2 is 1.85 bits per heavy atom. The van der Waals surface area contributed by atoms with Crippen molar-refractivity contribution in [2.45, 2.75) is 25.6 Å². The maximum absolute atomic E-state index is 13.2. The summed E-state index contributed by atoms with van der Waals surface area (Å²) in [5.74, 6) is -0.124. The highest BCUT2D eigenvalue weighted by Crippen LogP contribution is 2.31. The van der Waals surface area contributed by atoms with Gasteiger partial charge >= 0.3 is 12.1 Å². The molecule has 0 unspecified atom stereocenters. The van der Waals surface area contributed by atoms with Crippen LogP contribution in [0.2, 0.25) is 0 Å². The molecule has 2 aliphatic rings. The molecule has 0 atom stereocenters. The number of carboxylic acid groups (broad SMARTS) is 1. The normalized spacial score (nSPS) is 16.9. The summed E-state index contributed by atoms with van der Waals surface area (Å²) in [4.78, 5) is 33.6. The van der Waals surface area contributed by atoms with E-state index >= 15 is 0 Å². The van der Waals surface area contributed by atoms with Gasteiger partial charge in [-0.2, -0.15) is 23.1 Å². The zero-order chi connectivity index (χ0) is 28.2. The zero-order valence-electron chi connectivity index (χ0n) is 22.5. The van der Waals surface area contributed by atoms with E-state index in [1.807, 2.05) is 0 Å². The Morgan fingerprint density at radius 1 is 1.10 bits per heavy atom. The van der Waals surface area contributed by atoms with Crippen LogP contribution in [0.3, 0.4) is 0 Å². The molecule has 39 heavy (non-hydrogen) atoms. The van der Waals surface area contributed by atoms with E-state index in [1.54, 1.807) is 24.0 Å². The van der Waals surface area contributed by atoms with Gasteiger partial charge in [-0.25, -0.2) is 4.98 Å². The van der Waals surface area contributed by atoms with Gasteiger partial charge < -0.3 is 24.4 Å². The zero-order valence-corrected chi connectivity index (χ0v) is 22.5. The number of hydrogen-bond acceptors (Lipinski definition) is 8. The van der Waals surface area contributed by atoms with Gasteiger partial charge in [0.05, 0.1) is 12.9 Å². The molecule has 3 heterocycles. The first-order chi connectivity index (χ1) is 18.5. The van der Waals surface area contributed by atoms with Crippen LogP contribution in [0.25, 0.3) is 11.2 Å². The molecule has 0 amide bonds. The first kappa shape index (κ1) is 28.6. The Labute approximate surface area is 225 Å². The fourth-order valence-corrected chi connectivity index (χ4v) is 4.68. The fraction of sp³-hybridized carbons (Fsp3) is 0.538. The second-order valence-corrected chi connectivity index (χ2v) is 10.2. The van der Waals surface area contributed by atoms with E-state index in [4.69, 9.17) is 9.97 Å². The Hall–Kier alpha value is -3.45. The van der Waals surface area contributed by atoms with Crippen LogP contribution in [-0.4, -0.2) is 114 Å². The molecule has 0 spiro atoms. The molecule has 0 aromatic carbocycles. The van der Waals surface area contributed by atoms with Crippen LogP contribution in [0, 0.1) is 0 Å². The van der Waals surface area contributed by atoms with Crippen molar-refractivity contribution in [1.29, 1.82) is 0 Å². The van der Waals surface area contributed by atoms with Gasteiger partial charge in [0.2, 0.25) is 5.95 Å². The van der Waals surface area contributed by atoms with Crippen molar-refractivity contribution in [3.63, 3.8) is 0 Å². The second-order valence-electron chi connectivity index (χ2n) is 10.2. The quantitative estimate of drug-likeness (QED) is 0.481. The Balaban J connectivity index is 1.60. The van der Waals surface area contributed by atoms with E-state index in [-0.39, 0.29) is 19.5 Å². The molecule has 0 radical (unpaired) electrons. The lowest BCUT2D eigenvalue weighted by Gasteiger charge is -2.35. The summed E-state index contributed by atoms with van der Waals surface area (Å²) in [7, 11) is 5.77. The molecule has 13 heteroatoms. The Morgan fingerprint density at radius 3 is 2.51 bits per heavy atom. The van der Waals surface area contributed by atoms with Crippen molar-refractivity contribution in [2.75, 3.05) is 76.8 Å². The highest BCUT2D eigenvalue weighted by atomic mass is 19.4. The molecule has 1 saturated heterocycles. The molecule has 2 aromatic heterocycles.